The molecule has 3 aromatic rings. The number of fused-ring (bicyclic) bond motifs is 1. The first-order valence-electron chi connectivity index (χ1n) is 9.61. The van der Waals surface area contributed by atoms with E-state index in [1.165, 1.54) is 10.6 Å². The van der Waals surface area contributed by atoms with Gasteiger partial charge in [0.1, 0.15) is 0 Å². The number of para-hydroxylation sites is 1. The van der Waals surface area contributed by atoms with E-state index in [1.807, 2.05) is 6.92 Å². The number of nitrogens with zero attached hydrogens (tertiary/aromatic N) is 1. The van der Waals surface area contributed by atoms with E-state index in [4.69, 9.17) is 0 Å². The molecule has 0 aliphatic carbocycles. The van der Waals surface area contributed by atoms with Gasteiger partial charge in [-0.2, -0.15) is 13.2 Å². The van der Waals surface area contributed by atoms with E-state index in [1.54, 1.807) is 51.1 Å². The Morgan fingerprint density at radius 2 is 1.68 bits per heavy atom. The summed E-state index contributed by atoms with van der Waals surface area (Å²) >= 11 is 0. The second-order valence-electron chi connectivity index (χ2n) is 7.79. The first-order chi connectivity index (χ1) is 14.3. The summed E-state index contributed by atoms with van der Waals surface area (Å²) in [6.07, 6.45) is -3.86. The maximum Gasteiger partial charge on any atom is 0.454 e. The largest absolute Gasteiger partial charge is 0.454 e. The number of carbonyl (C=O) groups is 1. The van der Waals surface area contributed by atoms with Crippen LogP contribution in [0.25, 0.3) is 10.9 Å². The lowest BCUT2D eigenvalue weighted by atomic mass is 10.1. The van der Waals surface area contributed by atoms with Crippen LogP contribution >= 0.6 is 0 Å². The monoisotopic (exact) mass is 452 g/mol. The lowest BCUT2D eigenvalue weighted by Gasteiger charge is -2.18. The van der Waals surface area contributed by atoms with E-state index in [0.29, 0.717) is 16.6 Å². The standard InChI is InChI=1S/C22H23F3N2O3S/c1-13-9-14(2)20(15(3)10-13)31(29,30)26-16(4)11-27-12-18(21(28)22(23,24)25)17-7-5-6-8-19(17)27/h5-10,12,16,26H,11H2,1-4H3. The molecule has 0 radical (unpaired) electrons. The summed E-state index contributed by atoms with van der Waals surface area (Å²) in [5.41, 5.74) is 2.14. The highest BCUT2D eigenvalue weighted by Crippen LogP contribution is 2.29. The molecule has 2 aromatic carbocycles. The summed E-state index contributed by atoms with van der Waals surface area (Å²) in [5, 5.41) is 0.171. The van der Waals surface area contributed by atoms with Gasteiger partial charge in [0, 0.05) is 29.7 Å². The van der Waals surface area contributed by atoms with Crippen LogP contribution in [0, 0.1) is 20.8 Å². The van der Waals surface area contributed by atoms with Crippen molar-refractivity contribution < 1.29 is 26.4 Å². The summed E-state index contributed by atoms with van der Waals surface area (Å²) in [5.74, 6) is -1.93. The van der Waals surface area contributed by atoms with E-state index in [2.05, 4.69) is 4.72 Å². The van der Waals surface area contributed by atoms with Crippen molar-refractivity contribution in [2.24, 2.45) is 0 Å². The topological polar surface area (TPSA) is 68.2 Å². The second kappa shape index (κ2) is 8.12. The number of sulfonamides is 1. The van der Waals surface area contributed by atoms with Crippen LogP contribution in [0.15, 0.2) is 47.5 Å². The van der Waals surface area contributed by atoms with Crippen LogP contribution in [-0.2, 0) is 16.6 Å². The highest BCUT2D eigenvalue weighted by molar-refractivity contribution is 7.89. The fourth-order valence-corrected chi connectivity index (χ4v) is 5.67. The number of alkyl halides is 3. The normalized spacial score (nSPS) is 13.5. The molecule has 1 heterocycles. The number of benzene rings is 2. The van der Waals surface area contributed by atoms with Crippen LogP contribution in [0.1, 0.15) is 34.0 Å². The van der Waals surface area contributed by atoms with Gasteiger partial charge in [0.25, 0.3) is 5.78 Å². The number of Topliss-reactive ketones (excluding diaryl/α,β-unsaturated/α-hetero) is 1. The molecule has 0 amide bonds. The number of rotatable bonds is 6. The van der Waals surface area contributed by atoms with Crippen LogP contribution in [-0.4, -0.2) is 31.0 Å². The lowest BCUT2D eigenvalue weighted by Crippen LogP contribution is -2.36. The first kappa shape index (κ1) is 23.0. The Labute approximate surface area is 178 Å². The van der Waals surface area contributed by atoms with Crippen molar-refractivity contribution in [3.8, 4) is 0 Å². The minimum atomic E-state index is -5.00. The van der Waals surface area contributed by atoms with Crippen molar-refractivity contribution in [1.82, 2.24) is 9.29 Å². The van der Waals surface area contributed by atoms with Crippen LogP contribution in [0.2, 0.25) is 0 Å². The van der Waals surface area contributed by atoms with Crippen molar-refractivity contribution >= 4 is 26.7 Å². The average molecular weight is 452 g/mol. The SMILES string of the molecule is Cc1cc(C)c(S(=O)(=O)NC(C)Cn2cc(C(=O)C(F)(F)F)c3ccccc32)c(C)c1. The van der Waals surface area contributed by atoms with E-state index >= 15 is 0 Å². The molecular weight excluding hydrogens is 429 g/mol. The molecule has 9 heteroatoms. The molecule has 0 aliphatic heterocycles. The maximum atomic E-state index is 13.0. The van der Waals surface area contributed by atoms with Gasteiger partial charge in [-0.05, 0) is 44.9 Å². The Bertz CT molecular complexity index is 1240. The Balaban J connectivity index is 1.93. The fourth-order valence-electron chi connectivity index (χ4n) is 3.98. The van der Waals surface area contributed by atoms with Gasteiger partial charge in [0.05, 0.1) is 10.5 Å². The zero-order valence-corrected chi connectivity index (χ0v) is 18.4. The van der Waals surface area contributed by atoms with Gasteiger partial charge >= 0.3 is 6.18 Å². The molecule has 0 saturated heterocycles. The number of hydrogen-bond acceptors (Lipinski definition) is 3. The van der Waals surface area contributed by atoms with Crippen LogP contribution in [0.3, 0.4) is 0 Å². The van der Waals surface area contributed by atoms with E-state index in [-0.39, 0.29) is 16.8 Å². The summed E-state index contributed by atoms with van der Waals surface area (Å²) in [4.78, 5) is 12.0. The zero-order valence-electron chi connectivity index (χ0n) is 17.5. The fraction of sp³-hybridized carbons (Fsp3) is 0.318. The van der Waals surface area contributed by atoms with Crippen molar-refractivity contribution in [3.63, 3.8) is 0 Å². The number of hydrogen-bond donors (Lipinski definition) is 1. The predicted molar refractivity (Wildman–Crippen MR) is 113 cm³/mol. The van der Waals surface area contributed by atoms with Gasteiger partial charge in [-0.1, -0.05) is 35.9 Å². The molecule has 0 fully saturated rings. The Hall–Kier alpha value is -2.65. The van der Waals surface area contributed by atoms with E-state index in [9.17, 15) is 26.4 Å². The quantitative estimate of drug-likeness (QED) is 0.553. The average Bonchev–Trinajstić information content (AvgIpc) is 2.97. The van der Waals surface area contributed by atoms with E-state index < -0.39 is 33.6 Å². The van der Waals surface area contributed by atoms with Crippen molar-refractivity contribution in [3.05, 3.63) is 64.8 Å². The first-order valence-corrected chi connectivity index (χ1v) is 11.1. The highest BCUT2D eigenvalue weighted by Gasteiger charge is 2.40. The van der Waals surface area contributed by atoms with Gasteiger partial charge < -0.3 is 4.57 Å². The van der Waals surface area contributed by atoms with E-state index in [0.717, 1.165) is 11.8 Å². The lowest BCUT2D eigenvalue weighted by molar-refractivity contribution is -0.0884. The molecule has 166 valence electrons. The number of nitrogens with one attached hydrogen (secondary N) is 1. The third-order valence-corrected chi connectivity index (χ3v) is 6.89. The Morgan fingerprint density at radius 3 is 2.26 bits per heavy atom. The van der Waals surface area contributed by atoms with Gasteiger partial charge in [-0.25, -0.2) is 13.1 Å². The Kier molecular flexibility index (Phi) is 6.03. The van der Waals surface area contributed by atoms with Gasteiger partial charge in [-0.15, -0.1) is 0 Å². The molecule has 1 unspecified atom stereocenters. The molecule has 1 aromatic heterocycles. The minimum Gasteiger partial charge on any atom is -0.345 e. The molecule has 0 saturated carbocycles. The minimum absolute atomic E-state index is 0.0504. The van der Waals surface area contributed by atoms with Gasteiger partial charge in [-0.3, -0.25) is 4.79 Å². The van der Waals surface area contributed by atoms with Crippen LogP contribution in [0.4, 0.5) is 13.2 Å². The van der Waals surface area contributed by atoms with Gasteiger partial charge in [0.15, 0.2) is 0 Å². The molecule has 0 spiro atoms. The van der Waals surface area contributed by atoms with Crippen molar-refractivity contribution in [2.45, 2.75) is 51.4 Å². The van der Waals surface area contributed by atoms with Crippen molar-refractivity contribution in [2.75, 3.05) is 0 Å². The maximum absolute atomic E-state index is 13.0. The molecular formula is C22H23F3N2O3S. The third-order valence-electron chi connectivity index (χ3n) is 4.99. The summed E-state index contributed by atoms with van der Waals surface area (Å²) in [6, 6.07) is 9.15. The number of carbonyl (C=O) groups excluding carboxylic acids is 1. The molecule has 31 heavy (non-hydrogen) atoms. The molecule has 5 nitrogen and oxygen atoms in total. The second-order valence-corrected chi connectivity index (χ2v) is 9.44. The number of aromatic nitrogens is 1. The molecule has 0 aliphatic rings. The van der Waals surface area contributed by atoms with Crippen LogP contribution in [0.5, 0.6) is 0 Å². The smallest absolute Gasteiger partial charge is 0.345 e. The van der Waals surface area contributed by atoms with Crippen LogP contribution < -0.4 is 4.72 Å². The van der Waals surface area contributed by atoms with Crippen molar-refractivity contribution in [1.29, 1.82) is 0 Å². The molecule has 3 rings (SSSR count). The molecule has 1 N–H and O–H groups in total. The summed E-state index contributed by atoms with van der Waals surface area (Å²) in [6.45, 7) is 6.98. The zero-order chi connectivity index (χ0) is 23.1. The number of aryl methyl sites for hydroxylation is 3. The number of ketones is 1. The predicted octanol–water partition coefficient (Wildman–Crippen LogP) is 4.68. The summed E-state index contributed by atoms with van der Waals surface area (Å²) < 4.78 is 69.0. The van der Waals surface area contributed by atoms with Gasteiger partial charge in [0.2, 0.25) is 10.0 Å². The number of halogens is 3. The highest BCUT2D eigenvalue weighted by atomic mass is 32.2. The summed E-state index contributed by atoms with van der Waals surface area (Å²) in [7, 11) is -3.85. The molecule has 0 bridgehead atoms. The Morgan fingerprint density at radius 1 is 1.10 bits per heavy atom. The third kappa shape index (κ3) is 4.67. The molecule has 1 atom stereocenters.